The maximum absolute atomic E-state index is 12.5. The van der Waals surface area contributed by atoms with Crippen molar-refractivity contribution in [2.75, 3.05) is 18.0 Å². The fraction of sp³-hybridized carbons (Fsp3) is 0.333. The van der Waals surface area contributed by atoms with Crippen molar-refractivity contribution in [2.45, 2.75) is 25.9 Å². The van der Waals surface area contributed by atoms with Crippen LogP contribution in [0.3, 0.4) is 0 Å². The first-order valence-corrected chi connectivity index (χ1v) is 9.63. The van der Waals surface area contributed by atoms with Gasteiger partial charge in [0.2, 0.25) is 11.9 Å². The maximum Gasteiger partial charge on any atom is 0.225 e. The summed E-state index contributed by atoms with van der Waals surface area (Å²) in [6, 6.07) is 12.0. The molecule has 1 amide bonds. The minimum absolute atomic E-state index is 0.0410. The number of amides is 1. The Labute approximate surface area is 164 Å². The molecule has 144 valence electrons. The first kappa shape index (κ1) is 18.2. The Morgan fingerprint density at radius 3 is 2.54 bits per heavy atom. The standard InChI is InChI=1S/C21H24N6O/c28-20(19-7-11-26(12-8-19)21-22-9-4-10-23-21)24-13-18-14-25-27(16-18)15-17-5-2-1-3-6-17/h1-6,9-10,14,16,19H,7-8,11-13,15H2,(H,24,28). The molecule has 1 aromatic carbocycles. The highest BCUT2D eigenvalue weighted by Gasteiger charge is 2.25. The molecule has 3 aromatic rings. The van der Waals surface area contributed by atoms with Gasteiger partial charge in [-0.05, 0) is 24.5 Å². The molecule has 0 aliphatic carbocycles. The molecule has 4 rings (SSSR count). The lowest BCUT2D eigenvalue weighted by Gasteiger charge is -2.31. The molecule has 3 heterocycles. The van der Waals surface area contributed by atoms with E-state index in [-0.39, 0.29) is 11.8 Å². The van der Waals surface area contributed by atoms with Gasteiger partial charge in [0.15, 0.2) is 0 Å². The monoisotopic (exact) mass is 376 g/mol. The highest BCUT2D eigenvalue weighted by Crippen LogP contribution is 2.20. The number of nitrogens with one attached hydrogen (secondary N) is 1. The lowest BCUT2D eigenvalue weighted by molar-refractivity contribution is -0.125. The van der Waals surface area contributed by atoms with Gasteiger partial charge < -0.3 is 10.2 Å². The lowest BCUT2D eigenvalue weighted by atomic mass is 9.96. The highest BCUT2D eigenvalue weighted by molar-refractivity contribution is 5.78. The third-order valence-corrected chi connectivity index (χ3v) is 5.04. The maximum atomic E-state index is 12.5. The predicted molar refractivity (Wildman–Crippen MR) is 107 cm³/mol. The summed E-state index contributed by atoms with van der Waals surface area (Å²) >= 11 is 0. The molecule has 28 heavy (non-hydrogen) atoms. The molecular weight excluding hydrogens is 352 g/mol. The van der Waals surface area contributed by atoms with Gasteiger partial charge in [-0.3, -0.25) is 9.48 Å². The summed E-state index contributed by atoms with van der Waals surface area (Å²) in [5.74, 6) is 0.899. The van der Waals surface area contributed by atoms with E-state index in [1.165, 1.54) is 5.56 Å². The van der Waals surface area contributed by atoms with E-state index < -0.39 is 0 Å². The van der Waals surface area contributed by atoms with Crippen molar-refractivity contribution in [1.82, 2.24) is 25.1 Å². The Morgan fingerprint density at radius 2 is 1.79 bits per heavy atom. The van der Waals surface area contributed by atoms with Gasteiger partial charge in [-0.15, -0.1) is 0 Å². The van der Waals surface area contributed by atoms with Crippen LogP contribution in [0.1, 0.15) is 24.0 Å². The first-order valence-electron chi connectivity index (χ1n) is 9.63. The third kappa shape index (κ3) is 4.54. The Kier molecular flexibility index (Phi) is 5.61. The highest BCUT2D eigenvalue weighted by atomic mass is 16.1. The second-order valence-corrected chi connectivity index (χ2v) is 7.06. The van der Waals surface area contributed by atoms with Gasteiger partial charge in [0.1, 0.15) is 0 Å². The van der Waals surface area contributed by atoms with Crippen LogP contribution in [0.5, 0.6) is 0 Å². The van der Waals surface area contributed by atoms with E-state index in [4.69, 9.17) is 0 Å². The van der Waals surface area contributed by atoms with Crippen molar-refractivity contribution in [3.63, 3.8) is 0 Å². The number of hydrogen-bond acceptors (Lipinski definition) is 5. The Balaban J connectivity index is 1.24. The van der Waals surface area contributed by atoms with Crippen LogP contribution < -0.4 is 10.2 Å². The summed E-state index contributed by atoms with van der Waals surface area (Å²) in [4.78, 5) is 23.2. The number of piperidine rings is 1. The molecule has 0 unspecified atom stereocenters. The quantitative estimate of drug-likeness (QED) is 0.714. The lowest BCUT2D eigenvalue weighted by Crippen LogP contribution is -2.41. The second kappa shape index (κ2) is 8.65. The predicted octanol–water partition coefficient (Wildman–Crippen LogP) is 2.25. The van der Waals surface area contributed by atoms with Gasteiger partial charge in [0.25, 0.3) is 0 Å². The number of rotatable bonds is 6. The minimum Gasteiger partial charge on any atom is -0.352 e. The van der Waals surface area contributed by atoms with E-state index in [9.17, 15) is 4.79 Å². The van der Waals surface area contributed by atoms with Crippen LogP contribution in [-0.4, -0.2) is 38.7 Å². The van der Waals surface area contributed by atoms with Crippen LogP contribution in [0, 0.1) is 5.92 Å². The topological polar surface area (TPSA) is 75.9 Å². The zero-order valence-corrected chi connectivity index (χ0v) is 15.7. The summed E-state index contributed by atoms with van der Waals surface area (Å²) < 4.78 is 1.90. The van der Waals surface area contributed by atoms with Gasteiger partial charge >= 0.3 is 0 Å². The minimum atomic E-state index is 0.0410. The average molecular weight is 376 g/mol. The molecule has 7 nitrogen and oxygen atoms in total. The molecule has 1 N–H and O–H groups in total. The van der Waals surface area contributed by atoms with Crippen LogP contribution in [0.2, 0.25) is 0 Å². The zero-order chi connectivity index (χ0) is 19.2. The van der Waals surface area contributed by atoms with Crippen LogP contribution in [0.15, 0.2) is 61.2 Å². The summed E-state index contributed by atoms with van der Waals surface area (Å²) in [7, 11) is 0. The number of carbonyl (C=O) groups excluding carboxylic acids is 1. The van der Waals surface area contributed by atoms with Crippen molar-refractivity contribution < 1.29 is 4.79 Å². The average Bonchev–Trinajstić information content (AvgIpc) is 3.21. The Hall–Kier alpha value is -3.22. The molecule has 7 heteroatoms. The van der Waals surface area contributed by atoms with Crippen molar-refractivity contribution in [3.05, 3.63) is 72.3 Å². The first-order chi connectivity index (χ1) is 13.8. The van der Waals surface area contributed by atoms with E-state index in [0.717, 1.165) is 44.0 Å². The number of aromatic nitrogens is 4. The van der Waals surface area contributed by atoms with E-state index in [2.05, 4.69) is 37.4 Å². The van der Waals surface area contributed by atoms with Crippen molar-refractivity contribution >= 4 is 11.9 Å². The van der Waals surface area contributed by atoms with Crippen LogP contribution >= 0.6 is 0 Å². The molecule has 0 radical (unpaired) electrons. The molecule has 1 aliphatic heterocycles. The molecular formula is C21H24N6O. The Morgan fingerprint density at radius 1 is 1.04 bits per heavy atom. The summed E-state index contributed by atoms with van der Waals surface area (Å²) in [6.07, 6.45) is 8.94. The van der Waals surface area contributed by atoms with Crippen LogP contribution in [0.25, 0.3) is 0 Å². The normalized spacial score (nSPS) is 14.8. The third-order valence-electron chi connectivity index (χ3n) is 5.04. The number of benzene rings is 1. The Bertz CT molecular complexity index is 888. The second-order valence-electron chi connectivity index (χ2n) is 7.06. The van der Waals surface area contributed by atoms with Gasteiger partial charge in [-0.2, -0.15) is 5.10 Å². The largest absolute Gasteiger partial charge is 0.352 e. The van der Waals surface area contributed by atoms with Gasteiger partial charge in [-0.1, -0.05) is 30.3 Å². The molecule has 1 fully saturated rings. The fourth-order valence-corrected chi connectivity index (χ4v) is 3.48. The number of carbonyl (C=O) groups is 1. The molecule has 0 saturated carbocycles. The van der Waals surface area contributed by atoms with Gasteiger partial charge in [0, 0.05) is 49.7 Å². The van der Waals surface area contributed by atoms with E-state index >= 15 is 0 Å². The smallest absolute Gasteiger partial charge is 0.225 e. The van der Waals surface area contributed by atoms with Crippen LogP contribution in [-0.2, 0) is 17.9 Å². The van der Waals surface area contributed by atoms with Crippen molar-refractivity contribution in [1.29, 1.82) is 0 Å². The van der Waals surface area contributed by atoms with Crippen molar-refractivity contribution in [2.24, 2.45) is 5.92 Å². The van der Waals surface area contributed by atoms with Crippen molar-refractivity contribution in [3.8, 4) is 0 Å². The van der Waals surface area contributed by atoms with Gasteiger partial charge in [-0.25, -0.2) is 9.97 Å². The summed E-state index contributed by atoms with van der Waals surface area (Å²) in [5, 5.41) is 7.45. The summed E-state index contributed by atoms with van der Waals surface area (Å²) in [5.41, 5.74) is 2.22. The number of anilines is 1. The van der Waals surface area contributed by atoms with Crippen LogP contribution in [0.4, 0.5) is 5.95 Å². The molecule has 1 saturated heterocycles. The number of nitrogens with zero attached hydrogens (tertiary/aromatic N) is 5. The van der Waals surface area contributed by atoms with E-state index in [0.29, 0.717) is 6.54 Å². The number of hydrogen-bond donors (Lipinski definition) is 1. The van der Waals surface area contributed by atoms with E-state index in [1.54, 1.807) is 12.4 Å². The molecule has 2 aromatic heterocycles. The van der Waals surface area contributed by atoms with Gasteiger partial charge in [0.05, 0.1) is 12.7 Å². The molecule has 0 bridgehead atoms. The molecule has 0 atom stereocenters. The molecule has 1 aliphatic rings. The fourth-order valence-electron chi connectivity index (χ4n) is 3.48. The summed E-state index contributed by atoms with van der Waals surface area (Å²) in [6.45, 7) is 2.85. The zero-order valence-electron chi connectivity index (χ0n) is 15.7. The van der Waals surface area contributed by atoms with E-state index in [1.807, 2.05) is 41.3 Å². The SMILES string of the molecule is O=C(NCc1cnn(Cc2ccccc2)c1)C1CCN(c2ncccn2)CC1. The molecule has 0 spiro atoms.